The summed E-state index contributed by atoms with van der Waals surface area (Å²) in [6.45, 7) is 3.58. The summed E-state index contributed by atoms with van der Waals surface area (Å²) in [6.07, 6.45) is -0.678. The van der Waals surface area contributed by atoms with Crippen molar-refractivity contribution >= 4 is 33.4 Å². The van der Waals surface area contributed by atoms with Crippen LogP contribution in [0.4, 0.5) is 5.69 Å². The summed E-state index contributed by atoms with van der Waals surface area (Å²) in [4.78, 5) is 25.9. The molecule has 0 radical (unpaired) electrons. The van der Waals surface area contributed by atoms with Gasteiger partial charge in [-0.2, -0.15) is 0 Å². The summed E-state index contributed by atoms with van der Waals surface area (Å²) in [5.74, 6) is 0.0983. The molecule has 2 aromatic carbocycles. The van der Waals surface area contributed by atoms with Crippen LogP contribution in [0.2, 0.25) is 0 Å². The number of aryl methyl sites for hydroxylation is 1. The first-order valence-electron chi connectivity index (χ1n) is 7.89. The molecule has 132 valence electrons. The molecule has 0 bridgehead atoms. The average molecular weight is 405 g/mol. The molecule has 0 saturated carbocycles. The zero-order chi connectivity index (χ0) is 18.4. The number of benzene rings is 2. The lowest BCUT2D eigenvalue weighted by Gasteiger charge is -2.22. The number of para-hydroxylation sites is 1. The van der Waals surface area contributed by atoms with Crippen molar-refractivity contribution in [2.75, 3.05) is 18.9 Å². The number of anilines is 1. The second-order valence-electron chi connectivity index (χ2n) is 5.80. The Bertz CT molecular complexity index is 764. The number of rotatable bonds is 6. The number of ether oxygens (including phenoxy) is 1. The quantitative estimate of drug-likeness (QED) is 0.799. The van der Waals surface area contributed by atoms with Crippen LogP contribution in [-0.4, -0.2) is 36.4 Å². The average Bonchev–Trinajstić information content (AvgIpc) is 2.56. The normalized spacial score (nSPS) is 11.5. The van der Waals surface area contributed by atoms with E-state index in [0.29, 0.717) is 11.4 Å². The van der Waals surface area contributed by atoms with Crippen molar-refractivity contribution in [3.05, 3.63) is 58.6 Å². The Morgan fingerprint density at radius 1 is 1.20 bits per heavy atom. The number of carbonyl (C=O) groups excluding carboxylic acids is 2. The van der Waals surface area contributed by atoms with Gasteiger partial charge >= 0.3 is 0 Å². The molecule has 0 aliphatic carbocycles. The van der Waals surface area contributed by atoms with Crippen molar-refractivity contribution < 1.29 is 14.3 Å². The number of amides is 2. The molecular formula is C19H21BrN2O3. The molecule has 0 saturated heterocycles. The molecule has 0 spiro atoms. The molecule has 2 aromatic rings. The monoisotopic (exact) mass is 404 g/mol. The van der Waals surface area contributed by atoms with E-state index in [0.717, 1.165) is 10.0 Å². The lowest BCUT2D eigenvalue weighted by atomic mass is 10.2. The zero-order valence-corrected chi connectivity index (χ0v) is 16.0. The highest BCUT2D eigenvalue weighted by Gasteiger charge is 2.21. The van der Waals surface area contributed by atoms with Crippen LogP contribution in [0.15, 0.2) is 53.0 Å². The van der Waals surface area contributed by atoms with Crippen molar-refractivity contribution in [3.63, 3.8) is 0 Å². The number of nitrogens with one attached hydrogen (secondary N) is 1. The number of nitrogens with zero attached hydrogens (tertiary/aromatic N) is 1. The van der Waals surface area contributed by atoms with E-state index in [4.69, 9.17) is 4.74 Å². The van der Waals surface area contributed by atoms with Crippen molar-refractivity contribution in [1.82, 2.24) is 4.90 Å². The van der Waals surface area contributed by atoms with E-state index >= 15 is 0 Å². The van der Waals surface area contributed by atoms with Crippen LogP contribution in [0.5, 0.6) is 5.75 Å². The molecule has 25 heavy (non-hydrogen) atoms. The standard InChI is InChI=1S/C19H21BrN2O3/c1-13-7-6-8-15(11-13)25-14(2)19(24)22(3)12-18(23)21-17-10-5-4-9-16(17)20/h4-11,14H,12H2,1-3H3,(H,21,23)/t14-/m1/s1. The highest BCUT2D eigenvalue weighted by Crippen LogP contribution is 2.21. The number of likely N-dealkylation sites (N-methyl/N-ethyl adjacent to an activating group) is 1. The summed E-state index contributed by atoms with van der Waals surface area (Å²) >= 11 is 3.37. The van der Waals surface area contributed by atoms with Crippen LogP contribution in [-0.2, 0) is 9.59 Å². The minimum Gasteiger partial charge on any atom is -0.481 e. The minimum atomic E-state index is -0.678. The van der Waals surface area contributed by atoms with Crippen molar-refractivity contribution in [3.8, 4) is 5.75 Å². The van der Waals surface area contributed by atoms with E-state index in [2.05, 4.69) is 21.2 Å². The van der Waals surface area contributed by atoms with E-state index in [1.165, 1.54) is 4.90 Å². The lowest BCUT2D eigenvalue weighted by Crippen LogP contribution is -2.42. The van der Waals surface area contributed by atoms with Crippen LogP contribution >= 0.6 is 15.9 Å². The molecule has 5 nitrogen and oxygen atoms in total. The van der Waals surface area contributed by atoms with Gasteiger partial charge in [0.2, 0.25) is 5.91 Å². The van der Waals surface area contributed by atoms with Crippen LogP contribution < -0.4 is 10.1 Å². The summed E-state index contributed by atoms with van der Waals surface area (Å²) < 4.78 is 6.45. The van der Waals surface area contributed by atoms with Gasteiger partial charge in [0.15, 0.2) is 6.10 Å². The first kappa shape index (κ1) is 19.0. The molecule has 0 aliphatic rings. The van der Waals surface area contributed by atoms with Gasteiger partial charge in [-0.05, 0) is 59.6 Å². The Morgan fingerprint density at radius 2 is 1.92 bits per heavy atom. The van der Waals surface area contributed by atoms with Gasteiger partial charge < -0.3 is 15.0 Å². The van der Waals surface area contributed by atoms with Gasteiger partial charge in [-0.25, -0.2) is 0 Å². The third-order valence-electron chi connectivity index (χ3n) is 3.56. The Kier molecular flexibility index (Phi) is 6.58. The first-order valence-corrected chi connectivity index (χ1v) is 8.69. The SMILES string of the molecule is Cc1cccc(O[C@H](C)C(=O)N(C)CC(=O)Nc2ccccc2Br)c1. The molecule has 0 unspecified atom stereocenters. The predicted octanol–water partition coefficient (Wildman–Crippen LogP) is 3.62. The maximum atomic E-state index is 12.4. The van der Waals surface area contributed by atoms with Crippen LogP contribution in [0.25, 0.3) is 0 Å². The molecule has 1 N–H and O–H groups in total. The molecule has 2 rings (SSSR count). The second kappa shape index (κ2) is 8.67. The van der Waals surface area contributed by atoms with E-state index in [1.54, 1.807) is 26.1 Å². The maximum absolute atomic E-state index is 12.4. The Morgan fingerprint density at radius 3 is 2.60 bits per heavy atom. The summed E-state index contributed by atoms with van der Waals surface area (Å²) in [5.41, 5.74) is 1.72. The lowest BCUT2D eigenvalue weighted by molar-refractivity contribution is -0.139. The van der Waals surface area contributed by atoms with Gasteiger partial charge in [-0.15, -0.1) is 0 Å². The molecule has 0 aromatic heterocycles. The molecule has 6 heteroatoms. The van der Waals surface area contributed by atoms with Crippen LogP contribution in [0.3, 0.4) is 0 Å². The Hall–Kier alpha value is -2.34. The number of hydrogen-bond acceptors (Lipinski definition) is 3. The van der Waals surface area contributed by atoms with Crippen molar-refractivity contribution in [2.45, 2.75) is 20.0 Å². The van der Waals surface area contributed by atoms with Gasteiger partial charge in [0, 0.05) is 11.5 Å². The van der Waals surface area contributed by atoms with Gasteiger partial charge in [0.1, 0.15) is 5.75 Å². The molecule has 0 fully saturated rings. The van der Waals surface area contributed by atoms with E-state index < -0.39 is 6.10 Å². The Labute approximate surface area is 156 Å². The third kappa shape index (κ3) is 5.60. The molecule has 2 amide bonds. The van der Waals surface area contributed by atoms with Gasteiger partial charge in [0.05, 0.1) is 12.2 Å². The first-order chi connectivity index (χ1) is 11.9. The molecule has 1 atom stereocenters. The van der Waals surface area contributed by atoms with Crippen molar-refractivity contribution in [1.29, 1.82) is 0 Å². The highest BCUT2D eigenvalue weighted by molar-refractivity contribution is 9.10. The maximum Gasteiger partial charge on any atom is 0.263 e. The summed E-state index contributed by atoms with van der Waals surface area (Å²) in [6, 6.07) is 14.8. The highest BCUT2D eigenvalue weighted by atomic mass is 79.9. The Balaban J connectivity index is 1.90. The smallest absolute Gasteiger partial charge is 0.263 e. The summed E-state index contributed by atoms with van der Waals surface area (Å²) in [7, 11) is 1.58. The van der Waals surface area contributed by atoms with Crippen LogP contribution in [0.1, 0.15) is 12.5 Å². The number of hydrogen-bond donors (Lipinski definition) is 1. The zero-order valence-electron chi connectivity index (χ0n) is 14.5. The van der Waals surface area contributed by atoms with E-state index in [9.17, 15) is 9.59 Å². The summed E-state index contributed by atoms with van der Waals surface area (Å²) in [5, 5.41) is 2.77. The number of halogens is 1. The fourth-order valence-corrected chi connectivity index (χ4v) is 2.68. The van der Waals surface area contributed by atoms with Gasteiger partial charge in [-0.1, -0.05) is 24.3 Å². The van der Waals surface area contributed by atoms with E-state index in [1.807, 2.05) is 43.3 Å². The molecule has 0 heterocycles. The number of carbonyl (C=O) groups is 2. The third-order valence-corrected chi connectivity index (χ3v) is 4.25. The molecule has 0 aliphatic heterocycles. The van der Waals surface area contributed by atoms with Crippen LogP contribution in [0, 0.1) is 6.92 Å². The van der Waals surface area contributed by atoms with Gasteiger partial charge in [0.25, 0.3) is 5.91 Å². The van der Waals surface area contributed by atoms with E-state index in [-0.39, 0.29) is 18.4 Å². The van der Waals surface area contributed by atoms with Crippen molar-refractivity contribution in [2.24, 2.45) is 0 Å². The fraction of sp³-hybridized carbons (Fsp3) is 0.263. The second-order valence-corrected chi connectivity index (χ2v) is 6.65. The fourth-order valence-electron chi connectivity index (χ4n) is 2.30. The van der Waals surface area contributed by atoms with Gasteiger partial charge in [-0.3, -0.25) is 9.59 Å². The molecular weight excluding hydrogens is 384 g/mol. The largest absolute Gasteiger partial charge is 0.481 e. The predicted molar refractivity (Wildman–Crippen MR) is 102 cm³/mol. The minimum absolute atomic E-state index is 0.0539. The topological polar surface area (TPSA) is 58.6 Å².